The predicted octanol–water partition coefficient (Wildman–Crippen LogP) is -0.00610. The maximum Gasteiger partial charge on any atom is 0.246 e. The van der Waals surface area contributed by atoms with Gasteiger partial charge in [-0.15, -0.1) is 0 Å². The highest BCUT2D eigenvalue weighted by atomic mass is 32.2. The molecule has 14 heavy (non-hydrogen) atoms. The minimum Gasteiger partial charge on any atom is -0.380 e. The molecule has 0 unspecified atom stereocenters. The molecular formula is C8H10N2O3S. The van der Waals surface area contributed by atoms with Gasteiger partial charge < -0.3 is 4.74 Å². The van der Waals surface area contributed by atoms with E-state index in [0.717, 1.165) is 11.9 Å². The van der Waals surface area contributed by atoms with Gasteiger partial charge in [0, 0.05) is 18.4 Å². The number of aromatic nitrogens is 2. The first-order chi connectivity index (χ1) is 6.57. The monoisotopic (exact) mass is 214 g/mol. The zero-order valence-corrected chi connectivity index (χ0v) is 8.49. The van der Waals surface area contributed by atoms with Crippen LogP contribution in [0.2, 0.25) is 0 Å². The van der Waals surface area contributed by atoms with Gasteiger partial charge in [0.05, 0.1) is 18.9 Å². The normalized spacial score (nSPS) is 17.8. The highest BCUT2D eigenvalue weighted by Crippen LogP contribution is 2.22. The fraction of sp³-hybridized carbons (Fsp3) is 0.500. The summed E-state index contributed by atoms with van der Waals surface area (Å²) in [5, 5.41) is -0.109. The lowest BCUT2D eigenvalue weighted by molar-refractivity contribution is 0.00640. The molecule has 0 spiro atoms. The van der Waals surface area contributed by atoms with Crippen molar-refractivity contribution in [3.05, 3.63) is 18.0 Å². The van der Waals surface area contributed by atoms with E-state index in [4.69, 9.17) is 4.74 Å². The number of ether oxygens (including phenoxy) is 1. The molecule has 1 aliphatic heterocycles. The quantitative estimate of drug-likeness (QED) is 0.648. The second-order valence-corrected chi connectivity index (χ2v) is 5.18. The van der Waals surface area contributed by atoms with Crippen molar-refractivity contribution < 1.29 is 13.2 Å². The summed E-state index contributed by atoms with van der Waals surface area (Å²) in [5.74, 6) is 0.221. The van der Waals surface area contributed by atoms with Crippen molar-refractivity contribution in [2.45, 2.75) is 11.1 Å². The minimum atomic E-state index is -3.31. The van der Waals surface area contributed by atoms with Crippen LogP contribution in [0.1, 0.15) is 11.6 Å². The van der Waals surface area contributed by atoms with Crippen LogP contribution < -0.4 is 0 Å². The summed E-state index contributed by atoms with van der Waals surface area (Å²) in [6.45, 7) is 1.22. The molecule has 1 saturated heterocycles. The summed E-state index contributed by atoms with van der Waals surface area (Å²) in [5.41, 5.74) is 0.742. The standard InChI is InChI=1S/C8H10N2O3S/c1-14(11,12)8-9-3-2-7(10-8)6-4-13-5-6/h2-3,6H,4-5H2,1H3. The highest BCUT2D eigenvalue weighted by Gasteiger charge is 2.23. The lowest BCUT2D eigenvalue weighted by Gasteiger charge is -2.25. The summed E-state index contributed by atoms with van der Waals surface area (Å²) in [7, 11) is -3.31. The Morgan fingerprint density at radius 3 is 2.71 bits per heavy atom. The van der Waals surface area contributed by atoms with Gasteiger partial charge in [-0.25, -0.2) is 18.4 Å². The summed E-state index contributed by atoms with van der Waals surface area (Å²) in [4.78, 5) is 7.70. The molecule has 0 N–H and O–H groups in total. The van der Waals surface area contributed by atoms with Gasteiger partial charge in [0.25, 0.3) is 0 Å². The Labute approximate surface area is 82.1 Å². The van der Waals surface area contributed by atoms with Crippen LogP contribution in [0, 0.1) is 0 Å². The van der Waals surface area contributed by atoms with Crippen LogP contribution >= 0.6 is 0 Å². The number of hydrogen-bond donors (Lipinski definition) is 0. The fourth-order valence-corrected chi connectivity index (χ4v) is 1.69. The van der Waals surface area contributed by atoms with Gasteiger partial charge >= 0.3 is 0 Å². The molecule has 0 aromatic carbocycles. The van der Waals surface area contributed by atoms with Crippen LogP contribution in [0.4, 0.5) is 0 Å². The summed E-state index contributed by atoms with van der Waals surface area (Å²) < 4.78 is 27.3. The third-order valence-corrected chi connectivity index (χ3v) is 2.90. The van der Waals surface area contributed by atoms with Crippen LogP contribution in [0.3, 0.4) is 0 Å². The molecular weight excluding hydrogens is 204 g/mol. The minimum absolute atomic E-state index is 0.109. The molecule has 1 fully saturated rings. The molecule has 0 bridgehead atoms. The Bertz CT molecular complexity index is 440. The molecule has 0 amide bonds. The van der Waals surface area contributed by atoms with Crippen molar-refractivity contribution in [3.8, 4) is 0 Å². The Hall–Kier alpha value is -1.01. The van der Waals surface area contributed by atoms with Crippen molar-refractivity contribution in [1.29, 1.82) is 0 Å². The summed E-state index contributed by atoms with van der Waals surface area (Å²) in [6, 6.07) is 1.72. The zero-order valence-electron chi connectivity index (χ0n) is 7.67. The van der Waals surface area contributed by atoms with Gasteiger partial charge in [0.2, 0.25) is 15.0 Å². The van der Waals surface area contributed by atoms with Gasteiger partial charge in [0.15, 0.2) is 0 Å². The van der Waals surface area contributed by atoms with Crippen LogP contribution in [0.15, 0.2) is 17.4 Å². The number of nitrogens with zero attached hydrogens (tertiary/aromatic N) is 2. The van der Waals surface area contributed by atoms with E-state index in [1.807, 2.05) is 0 Å². The van der Waals surface area contributed by atoms with Crippen molar-refractivity contribution in [3.63, 3.8) is 0 Å². The van der Waals surface area contributed by atoms with Gasteiger partial charge in [-0.05, 0) is 6.07 Å². The van der Waals surface area contributed by atoms with Crippen molar-refractivity contribution in [2.75, 3.05) is 19.5 Å². The Kier molecular flexibility index (Phi) is 2.24. The van der Waals surface area contributed by atoms with Crippen LogP contribution in [-0.2, 0) is 14.6 Å². The van der Waals surface area contributed by atoms with Crippen LogP contribution in [0.5, 0.6) is 0 Å². The van der Waals surface area contributed by atoms with E-state index < -0.39 is 9.84 Å². The SMILES string of the molecule is CS(=O)(=O)c1nccc(C2COC2)n1. The van der Waals surface area contributed by atoms with Gasteiger partial charge in [-0.3, -0.25) is 0 Å². The molecule has 1 aliphatic rings. The average molecular weight is 214 g/mol. The molecule has 76 valence electrons. The van der Waals surface area contributed by atoms with Crippen molar-refractivity contribution >= 4 is 9.84 Å². The Balaban J connectivity index is 2.36. The third kappa shape index (κ3) is 1.76. The lowest BCUT2D eigenvalue weighted by atomic mass is 10.0. The molecule has 2 heterocycles. The number of sulfone groups is 1. The van der Waals surface area contributed by atoms with Gasteiger partial charge in [-0.1, -0.05) is 0 Å². The van der Waals surface area contributed by atoms with E-state index in [9.17, 15) is 8.42 Å². The van der Waals surface area contributed by atoms with Gasteiger partial charge in [-0.2, -0.15) is 0 Å². The van der Waals surface area contributed by atoms with E-state index in [1.165, 1.54) is 6.20 Å². The van der Waals surface area contributed by atoms with Crippen molar-refractivity contribution in [2.24, 2.45) is 0 Å². The van der Waals surface area contributed by atoms with Gasteiger partial charge in [0.1, 0.15) is 0 Å². The molecule has 5 nitrogen and oxygen atoms in total. The fourth-order valence-electron chi connectivity index (χ4n) is 1.17. The molecule has 1 aromatic rings. The maximum absolute atomic E-state index is 11.2. The van der Waals surface area contributed by atoms with E-state index in [1.54, 1.807) is 6.07 Å². The molecule has 0 atom stereocenters. The molecule has 0 radical (unpaired) electrons. The smallest absolute Gasteiger partial charge is 0.246 e. The average Bonchev–Trinajstić information content (AvgIpc) is 2.00. The third-order valence-electron chi connectivity index (χ3n) is 2.04. The first-order valence-corrected chi connectivity index (χ1v) is 6.07. The summed E-state index contributed by atoms with van der Waals surface area (Å²) in [6.07, 6.45) is 2.57. The van der Waals surface area contributed by atoms with Crippen molar-refractivity contribution in [1.82, 2.24) is 9.97 Å². The van der Waals surface area contributed by atoms with E-state index in [2.05, 4.69) is 9.97 Å². The predicted molar refractivity (Wildman–Crippen MR) is 48.7 cm³/mol. The Morgan fingerprint density at radius 1 is 1.50 bits per heavy atom. The lowest BCUT2D eigenvalue weighted by Crippen LogP contribution is -2.26. The first-order valence-electron chi connectivity index (χ1n) is 4.18. The van der Waals surface area contributed by atoms with E-state index >= 15 is 0 Å². The molecule has 0 saturated carbocycles. The van der Waals surface area contributed by atoms with E-state index in [-0.39, 0.29) is 11.1 Å². The van der Waals surface area contributed by atoms with Crippen LogP contribution in [-0.4, -0.2) is 37.9 Å². The molecule has 1 aromatic heterocycles. The topological polar surface area (TPSA) is 69.2 Å². The highest BCUT2D eigenvalue weighted by molar-refractivity contribution is 7.90. The van der Waals surface area contributed by atoms with E-state index in [0.29, 0.717) is 13.2 Å². The largest absolute Gasteiger partial charge is 0.380 e. The first kappa shape index (κ1) is 9.54. The second-order valence-electron chi connectivity index (χ2n) is 3.27. The summed E-state index contributed by atoms with van der Waals surface area (Å²) >= 11 is 0. The molecule has 2 rings (SSSR count). The molecule has 6 heteroatoms. The molecule has 0 aliphatic carbocycles. The second kappa shape index (κ2) is 3.29. The van der Waals surface area contributed by atoms with Crippen LogP contribution in [0.25, 0.3) is 0 Å². The zero-order chi connectivity index (χ0) is 10.2. The Morgan fingerprint density at radius 2 is 2.21 bits per heavy atom. The number of rotatable bonds is 2. The maximum atomic E-state index is 11.2. The number of hydrogen-bond acceptors (Lipinski definition) is 5.